The van der Waals surface area contributed by atoms with Gasteiger partial charge in [0.25, 0.3) is 0 Å². The zero-order valence-corrected chi connectivity index (χ0v) is 19.3. The summed E-state index contributed by atoms with van der Waals surface area (Å²) >= 11 is 0. The summed E-state index contributed by atoms with van der Waals surface area (Å²) in [5.74, 6) is 1.46. The van der Waals surface area contributed by atoms with Crippen LogP contribution in [0.2, 0.25) is 0 Å². The Hall–Kier alpha value is -0.160. The largest absolute Gasteiger partial charge is 0.382 e. The number of nitrogens with one attached hydrogen (secondary N) is 2. The van der Waals surface area contributed by atoms with Crippen molar-refractivity contribution in [1.82, 2.24) is 15.5 Å². The van der Waals surface area contributed by atoms with E-state index in [1.807, 2.05) is 7.05 Å². The lowest BCUT2D eigenvalue weighted by Gasteiger charge is -2.37. The summed E-state index contributed by atoms with van der Waals surface area (Å²) < 4.78 is 15.9. The zero-order chi connectivity index (χ0) is 18.3. The summed E-state index contributed by atoms with van der Waals surface area (Å²) in [6, 6.07) is 0.497. The van der Waals surface area contributed by atoms with Crippen LogP contribution in [0.25, 0.3) is 0 Å². The molecule has 0 bridgehead atoms. The first-order valence-corrected chi connectivity index (χ1v) is 9.52. The van der Waals surface area contributed by atoms with E-state index in [0.29, 0.717) is 25.2 Å². The Morgan fingerprint density at radius 1 is 1.12 bits per heavy atom. The van der Waals surface area contributed by atoms with Crippen LogP contribution in [0, 0.1) is 5.92 Å². The van der Waals surface area contributed by atoms with Crippen LogP contribution < -0.4 is 10.6 Å². The number of rotatable bonds is 12. The molecule has 0 aliphatic carbocycles. The molecule has 1 heterocycles. The van der Waals surface area contributed by atoms with Gasteiger partial charge in [-0.15, -0.1) is 24.0 Å². The monoisotopic (exact) mass is 486 g/mol. The molecule has 1 fully saturated rings. The summed E-state index contributed by atoms with van der Waals surface area (Å²) in [7, 11) is 3.51. The third kappa shape index (κ3) is 11.5. The first-order valence-electron chi connectivity index (χ1n) is 9.52. The molecular formula is C18H39IN4O3. The number of guanidine groups is 1. The Morgan fingerprint density at radius 2 is 1.85 bits per heavy atom. The molecule has 1 aliphatic heterocycles. The average molecular weight is 486 g/mol. The number of methoxy groups -OCH3 is 1. The summed E-state index contributed by atoms with van der Waals surface area (Å²) in [5.41, 5.74) is 0. The maximum Gasteiger partial charge on any atom is 0.191 e. The molecule has 1 unspecified atom stereocenters. The molecule has 0 radical (unpaired) electrons. The minimum atomic E-state index is 0. The van der Waals surface area contributed by atoms with Crippen LogP contribution in [0.3, 0.4) is 0 Å². The van der Waals surface area contributed by atoms with Gasteiger partial charge in [-0.25, -0.2) is 0 Å². The molecule has 1 atom stereocenters. The van der Waals surface area contributed by atoms with E-state index in [4.69, 9.17) is 14.2 Å². The second-order valence-corrected chi connectivity index (χ2v) is 6.65. The normalized spacial score (nSPS) is 17.0. The van der Waals surface area contributed by atoms with Crippen molar-refractivity contribution in [2.45, 2.75) is 32.7 Å². The standard InChI is InChI=1S/C18H38N4O3.HI/c1-16(2)17(22-8-11-25-12-9-22)15-21-18(19-3)20-7-5-6-10-24-14-13-23-4;/h16-17H,5-15H2,1-4H3,(H2,19,20,21);1H. The van der Waals surface area contributed by atoms with Crippen molar-refractivity contribution < 1.29 is 14.2 Å². The van der Waals surface area contributed by atoms with Gasteiger partial charge in [-0.05, 0) is 18.8 Å². The minimum absolute atomic E-state index is 0. The Morgan fingerprint density at radius 3 is 2.46 bits per heavy atom. The summed E-state index contributed by atoms with van der Waals surface area (Å²) in [5, 5.41) is 6.86. The van der Waals surface area contributed by atoms with Gasteiger partial charge in [0.1, 0.15) is 0 Å². The van der Waals surface area contributed by atoms with E-state index in [-0.39, 0.29) is 24.0 Å². The predicted molar refractivity (Wildman–Crippen MR) is 118 cm³/mol. The van der Waals surface area contributed by atoms with Gasteiger partial charge < -0.3 is 24.8 Å². The van der Waals surface area contributed by atoms with Crippen LogP contribution in [0.15, 0.2) is 4.99 Å². The van der Waals surface area contributed by atoms with Crippen LogP contribution in [-0.2, 0) is 14.2 Å². The topological polar surface area (TPSA) is 67.4 Å². The smallest absolute Gasteiger partial charge is 0.191 e. The van der Waals surface area contributed by atoms with Crippen molar-refractivity contribution in [2.24, 2.45) is 10.9 Å². The third-order valence-electron chi connectivity index (χ3n) is 4.43. The molecule has 0 aromatic heterocycles. The molecule has 8 heteroatoms. The highest BCUT2D eigenvalue weighted by atomic mass is 127. The molecule has 7 nitrogen and oxygen atoms in total. The van der Waals surface area contributed by atoms with Crippen molar-refractivity contribution in [1.29, 1.82) is 0 Å². The van der Waals surface area contributed by atoms with E-state index in [1.165, 1.54) is 0 Å². The van der Waals surface area contributed by atoms with E-state index in [2.05, 4.69) is 34.4 Å². The quantitative estimate of drug-likeness (QED) is 0.189. The van der Waals surface area contributed by atoms with Crippen LogP contribution >= 0.6 is 24.0 Å². The molecule has 26 heavy (non-hydrogen) atoms. The third-order valence-corrected chi connectivity index (χ3v) is 4.43. The maximum atomic E-state index is 5.47. The van der Waals surface area contributed by atoms with Gasteiger partial charge in [-0.2, -0.15) is 0 Å². The van der Waals surface area contributed by atoms with Gasteiger partial charge in [-0.1, -0.05) is 13.8 Å². The number of aliphatic imine (C=N–C) groups is 1. The van der Waals surface area contributed by atoms with E-state index in [9.17, 15) is 0 Å². The van der Waals surface area contributed by atoms with Gasteiger partial charge in [0.2, 0.25) is 0 Å². The number of nitrogens with zero attached hydrogens (tertiary/aromatic N) is 2. The first kappa shape index (κ1) is 25.8. The van der Waals surface area contributed by atoms with Gasteiger partial charge in [0, 0.05) is 53.0 Å². The van der Waals surface area contributed by atoms with Crippen molar-refractivity contribution >= 4 is 29.9 Å². The lowest BCUT2D eigenvalue weighted by molar-refractivity contribution is 0.00752. The first-order chi connectivity index (χ1) is 12.2. The van der Waals surface area contributed by atoms with Crippen LogP contribution in [0.1, 0.15) is 26.7 Å². The Bertz CT molecular complexity index is 353. The second kappa shape index (κ2) is 17.0. The summed E-state index contributed by atoms with van der Waals surface area (Å²) in [6.45, 7) is 12.2. The molecular weight excluding hydrogens is 447 g/mol. The molecule has 2 N–H and O–H groups in total. The second-order valence-electron chi connectivity index (χ2n) is 6.65. The molecule has 0 spiro atoms. The van der Waals surface area contributed by atoms with Gasteiger partial charge in [0.05, 0.1) is 26.4 Å². The van der Waals surface area contributed by atoms with E-state index in [1.54, 1.807) is 7.11 Å². The lowest BCUT2D eigenvalue weighted by Crippen LogP contribution is -2.52. The molecule has 1 rings (SSSR count). The highest BCUT2D eigenvalue weighted by Gasteiger charge is 2.23. The van der Waals surface area contributed by atoms with Crippen LogP contribution in [0.5, 0.6) is 0 Å². The van der Waals surface area contributed by atoms with Gasteiger partial charge in [0.15, 0.2) is 5.96 Å². The number of halogens is 1. The average Bonchev–Trinajstić information content (AvgIpc) is 2.63. The number of morpholine rings is 1. The number of ether oxygens (including phenoxy) is 3. The molecule has 0 aromatic rings. The van der Waals surface area contributed by atoms with Crippen LogP contribution in [-0.4, -0.2) is 90.3 Å². The number of hydrogen-bond acceptors (Lipinski definition) is 5. The fourth-order valence-electron chi connectivity index (χ4n) is 2.90. The molecule has 1 aliphatic rings. The Labute approximate surface area is 176 Å². The van der Waals surface area contributed by atoms with Crippen molar-refractivity contribution in [3.05, 3.63) is 0 Å². The lowest BCUT2D eigenvalue weighted by atomic mass is 10.0. The molecule has 0 amide bonds. The Kier molecular flexibility index (Phi) is 16.9. The number of hydrogen-bond donors (Lipinski definition) is 2. The minimum Gasteiger partial charge on any atom is -0.382 e. The van der Waals surface area contributed by atoms with Crippen molar-refractivity contribution in [2.75, 3.05) is 73.4 Å². The van der Waals surface area contributed by atoms with Gasteiger partial charge in [-0.3, -0.25) is 9.89 Å². The van der Waals surface area contributed by atoms with Crippen molar-refractivity contribution in [3.8, 4) is 0 Å². The molecule has 156 valence electrons. The molecule has 0 aromatic carbocycles. The highest BCUT2D eigenvalue weighted by molar-refractivity contribution is 14.0. The maximum absolute atomic E-state index is 5.47. The molecule has 1 saturated heterocycles. The fourth-order valence-corrected chi connectivity index (χ4v) is 2.90. The van der Waals surface area contributed by atoms with E-state index >= 15 is 0 Å². The van der Waals surface area contributed by atoms with Gasteiger partial charge >= 0.3 is 0 Å². The Balaban J connectivity index is 0.00000625. The van der Waals surface area contributed by atoms with E-state index < -0.39 is 0 Å². The summed E-state index contributed by atoms with van der Waals surface area (Å²) in [6.07, 6.45) is 2.10. The SMILES string of the molecule is CN=C(NCCCCOCCOC)NCC(C(C)C)N1CCOCC1.I. The van der Waals surface area contributed by atoms with Crippen LogP contribution in [0.4, 0.5) is 0 Å². The highest BCUT2D eigenvalue weighted by Crippen LogP contribution is 2.12. The fraction of sp³-hybridized carbons (Fsp3) is 0.944. The number of unbranched alkanes of at least 4 members (excludes halogenated alkanes) is 1. The summed E-state index contributed by atoms with van der Waals surface area (Å²) in [4.78, 5) is 6.85. The zero-order valence-electron chi connectivity index (χ0n) is 17.0. The predicted octanol–water partition coefficient (Wildman–Crippen LogP) is 1.57. The van der Waals surface area contributed by atoms with E-state index in [0.717, 1.165) is 64.8 Å². The molecule has 0 saturated carbocycles. The van der Waals surface area contributed by atoms with Crippen molar-refractivity contribution in [3.63, 3.8) is 0 Å².